The van der Waals surface area contributed by atoms with Crippen molar-refractivity contribution in [2.24, 2.45) is 5.73 Å². The average molecular weight is 339 g/mol. The molecule has 3 amide bonds. The second-order valence-electron chi connectivity index (χ2n) is 5.71. The summed E-state index contributed by atoms with van der Waals surface area (Å²) >= 11 is 0. The fraction of sp³-hybridized carbons (Fsp3) is 0.211. The molecular formula is C19H21N3O3. The molecule has 6 nitrogen and oxygen atoms in total. The van der Waals surface area contributed by atoms with Gasteiger partial charge in [0.2, 0.25) is 17.7 Å². The minimum absolute atomic E-state index is 0.124. The van der Waals surface area contributed by atoms with Crippen LogP contribution in [0.15, 0.2) is 54.6 Å². The molecule has 0 aliphatic rings. The zero-order chi connectivity index (χ0) is 18.2. The number of nitrogens with one attached hydrogen (secondary N) is 2. The van der Waals surface area contributed by atoms with Crippen LogP contribution in [0.3, 0.4) is 0 Å². The third-order valence-corrected chi connectivity index (χ3v) is 3.67. The number of benzene rings is 2. The maximum atomic E-state index is 12.2. The molecule has 2 aromatic carbocycles. The van der Waals surface area contributed by atoms with Crippen LogP contribution in [-0.2, 0) is 16.1 Å². The summed E-state index contributed by atoms with van der Waals surface area (Å²) in [7, 11) is 0. The van der Waals surface area contributed by atoms with Crippen LogP contribution in [0.25, 0.3) is 0 Å². The summed E-state index contributed by atoms with van der Waals surface area (Å²) in [6, 6.07) is 15.7. The molecule has 2 rings (SSSR count). The molecule has 1 atom stereocenters. The Balaban J connectivity index is 1.98. The van der Waals surface area contributed by atoms with E-state index in [-0.39, 0.29) is 24.8 Å². The molecule has 1 unspecified atom stereocenters. The Morgan fingerprint density at radius 3 is 2.40 bits per heavy atom. The number of amides is 3. The third-order valence-electron chi connectivity index (χ3n) is 3.67. The van der Waals surface area contributed by atoms with Crippen LogP contribution in [0.5, 0.6) is 0 Å². The minimum atomic E-state index is -0.511. The van der Waals surface area contributed by atoms with Gasteiger partial charge in [0.15, 0.2) is 0 Å². The lowest BCUT2D eigenvalue weighted by atomic mass is 10.0. The van der Waals surface area contributed by atoms with Crippen LogP contribution in [0.1, 0.15) is 40.9 Å². The number of rotatable bonds is 7. The molecule has 0 aliphatic heterocycles. The Kier molecular flexibility index (Phi) is 6.28. The van der Waals surface area contributed by atoms with Crippen molar-refractivity contribution in [1.82, 2.24) is 10.6 Å². The van der Waals surface area contributed by atoms with E-state index in [9.17, 15) is 14.4 Å². The summed E-state index contributed by atoms with van der Waals surface area (Å²) in [6.45, 7) is 1.70. The highest BCUT2D eigenvalue weighted by Gasteiger charge is 2.16. The van der Waals surface area contributed by atoms with Crippen LogP contribution in [0.4, 0.5) is 0 Å². The summed E-state index contributed by atoms with van der Waals surface area (Å²) < 4.78 is 0. The predicted molar refractivity (Wildman–Crippen MR) is 94.4 cm³/mol. The summed E-state index contributed by atoms with van der Waals surface area (Å²) in [5.74, 6) is -0.911. The first-order valence-corrected chi connectivity index (χ1v) is 7.93. The lowest BCUT2D eigenvalue weighted by Gasteiger charge is -2.18. The molecule has 0 aromatic heterocycles. The standard InChI is InChI=1S/C19H21N3O3/c1-13(23)22-17(15-7-3-2-4-8-15)11-18(24)21-12-14-6-5-9-16(10-14)19(20)25/h2-10,17H,11-12H2,1H3,(H2,20,25)(H,21,24)(H,22,23). The lowest BCUT2D eigenvalue weighted by molar-refractivity contribution is -0.122. The number of nitrogens with two attached hydrogens (primary N) is 1. The highest BCUT2D eigenvalue weighted by atomic mass is 16.2. The molecule has 2 aromatic rings. The molecule has 0 aliphatic carbocycles. The van der Waals surface area contributed by atoms with Gasteiger partial charge in [-0.25, -0.2) is 0 Å². The van der Waals surface area contributed by atoms with E-state index in [2.05, 4.69) is 10.6 Å². The Morgan fingerprint density at radius 2 is 1.76 bits per heavy atom. The molecule has 0 spiro atoms. The van der Waals surface area contributed by atoms with E-state index in [4.69, 9.17) is 5.73 Å². The minimum Gasteiger partial charge on any atom is -0.366 e. The van der Waals surface area contributed by atoms with Crippen LogP contribution < -0.4 is 16.4 Å². The first-order chi connectivity index (χ1) is 12.0. The highest BCUT2D eigenvalue weighted by molar-refractivity contribution is 5.92. The normalized spacial score (nSPS) is 11.4. The van der Waals surface area contributed by atoms with Gasteiger partial charge in [0.05, 0.1) is 12.5 Å². The van der Waals surface area contributed by atoms with Crippen molar-refractivity contribution >= 4 is 17.7 Å². The van der Waals surface area contributed by atoms with Crippen molar-refractivity contribution in [3.05, 3.63) is 71.3 Å². The van der Waals surface area contributed by atoms with Gasteiger partial charge in [-0.3, -0.25) is 14.4 Å². The maximum absolute atomic E-state index is 12.2. The molecule has 0 fully saturated rings. The Bertz CT molecular complexity index is 760. The molecule has 0 saturated carbocycles. The fourth-order valence-electron chi connectivity index (χ4n) is 2.48. The average Bonchev–Trinajstić information content (AvgIpc) is 2.60. The number of hydrogen-bond donors (Lipinski definition) is 3. The van der Waals surface area contributed by atoms with Gasteiger partial charge in [-0.05, 0) is 23.3 Å². The van der Waals surface area contributed by atoms with Crippen molar-refractivity contribution < 1.29 is 14.4 Å². The van der Waals surface area contributed by atoms with Gasteiger partial charge in [-0.2, -0.15) is 0 Å². The van der Waals surface area contributed by atoms with Gasteiger partial charge in [-0.1, -0.05) is 42.5 Å². The smallest absolute Gasteiger partial charge is 0.248 e. The molecule has 0 heterocycles. The molecular weight excluding hydrogens is 318 g/mol. The molecule has 25 heavy (non-hydrogen) atoms. The van der Waals surface area contributed by atoms with Gasteiger partial charge in [0.25, 0.3) is 0 Å². The second kappa shape index (κ2) is 8.63. The third kappa shape index (κ3) is 5.76. The van der Waals surface area contributed by atoms with E-state index in [1.807, 2.05) is 30.3 Å². The van der Waals surface area contributed by atoms with Crippen molar-refractivity contribution in [3.63, 3.8) is 0 Å². The summed E-state index contributed by atoms with van der Waals surface area (Å²) in [6.07, 6.45) is 0.124. The Labute approximate surface area is 146 Å². The molecule has 0 bridgehead atoms. The van der Waals surface area contributed by atoms with E-state index in [1.165, 1.54) is 6.92 Å². The van der Waals surface area contributed by atoms with Gasteiger partial charge >= 0.3 is 0 Å². The highest BCUT2D eigenvalue weighted by Crippen LogP contribution is 2.16. The summed E-state index contributed by atoms with van der Waals surface area (Å²) in [5, 5.41) is 5.58. The van der Waals surface area contributed by atoms with E-state index in [0.29, 0.717) is 5.56 Å². The van der Waals surface area contributed by atoms with Crippen LogP contribution in [0, 0.1) is 0 Å². The maximum Gasteiger partial charge on any atom is 0.248 e. The number of carbonyl (C=O) groups excluding carboxylic acids is 3. The lowest BCUT2D eigenvalue weighted by Crippen LogP contribution is -2.32. The number of primary amides is 1. The van der Waals surface area contributed by atoms with Crippen LogP contribution >= 0.6 is 0 Å². The first-order valence-electron chi connectivity index (χ1n) is 7.93. The zero-order valence-corrected chi connectivity index (χ0v) is 14.0. The second-order valence-corrected chi connectivity index (χ2v) is 5.71. The van der Waals surface area contributed by atoms with Crippen molar-refractivity contribution in [2.45, 2.75) is 25.9 Å². The molecule has 0 saturated heterocycles. The fourth-order valence-corrected chi connectivity index (χ4v) is 2.48. The quantitative estimate of drug-likeness (QED) is 0.715. The van der Waals surface area contributed by atoms with E-state index >= 15 is 0 Å². The Morgan fingerprint density at radius 1 is 1.04 bits per heavy atom. The van der Waals surface area contributed by atoms with Crippen molar-refractivity contribution in [3.8, 4) is 0 Å². The van der Waals surface area contributed by atoms with Crippen LogP contribution in [-0.4, -0.2) is 17.7 Å². The molecule has 6 heteroatoms. The van der Waals surface area contributed by atoms with E-state index in [0.717, 1.165) is 11.1 Å². The molecule has 0 radical (unpaired) electrons. The van der Waals surface area contributed by atoms with Crippen molar-refractivity contribution in [1.29, 1.82) is 0 Å². The van der Waals surface area contributed by atoms with E-state index < -0.39 is 11.9 Å². The molecule has 130 valence electrons. The topological polar surface area (TPSA) is 101 Å². The zero-order valence-electron chi connectivity index (χ0n) is 14.0. The van der Waals surface area contributed by atoms with Gasteiger partial charge in [0.1, 0.15) is 0 Å². The number of hydrogen-bond acceptors (Lipinski definition) is 3. The monoisotopic (exact) mass is 339 g/mol. The molecule has 4 N–H and O–H groups in total. The Hall–Kier alpha value is -3.15. The van der Waals surface area contributed by atoms with Crippen molar-refractivity contribution in [2.75, 3.05) is 0 Å². The largest absolute Gasteiger partial charge is 0.366 e. The predicted octanol–water partition coefficient (Wildman–Crippen LogP) is 1.67. The first kappa shape index (κ1) is 18.2. The SMILES string of the molecule is CC(=O)NC(CC(=O)NCc1cccc(C(N)=O)c1)c1ccccc1. The van der Waals surface area contributed by atoms with E-state index in [1.54, 1.807) is 24.3 Å². The van der Waals surface area contributed by atoms with Gasteiger partial charge in [0, 0.05) is 19.0 Å². The summed E-state index contributed by atoms with van der Waals surface area (Å²) in [4.78, 5) is 34.8. The van der Waals surface area contributed by atoms with Crippen LogP contribution in [0.2, 0.25) is 0 Å². The summed E-state index contributed by atoms with van der Waals surface area (Å²) in [5.41, 5.74) is 7.29. The number of carbonyl (C=O) groups is 3. The van der Waals surface area contributed by atoms with Gasteiger partial charge in [-0.15, -0.1) is 0 Å². The van der Waals surface area contributed by atoms with Gasteiger partial charge < -0.3 is 16.4 Å².